The molecule has 0 radical (unpaired) electrons. The minimum Gasteiger partial charge on any atom is -0.491 e. The normalized spacial score (nSPS) is 13.6. The van der Waals surface area contributed by atoms with E-state index in [1.165, 1.54) is 7.11 Å². The molecule has 1 aliphatic heterocycles. The molecular formula is C13H16N2O4. The fourth-order valence-corrected chi connectivity index (χ4v) is 1.80. The fourth-order valence-electron chi connectivity index (χ4n) is 1.80. The Labute approximate surface area is 111 Å². The minimum atomic E-state index is -0.452. The summed E-state index contributed by atoms with van der Waals surface area (Å²) in [4.78, 5) is 22.3. The van der Waals surface area contributed by atoms with Crippen molar-refractivity contribution in [2.45, 2.75) is 12.8 Å². The summed E-state index contributed by atoms with van der Waals surface area (Å²) in [7, 11) is 1.32. The van der Waals surface area contributed by atoms with Crippen molar-refractivity contribution in [2.75, 3.05) is 25.6 Å². The number of fused-ring (bicyclic) bond motifs is 1. The molecule has 0 aliphatic carbocycles. The molecule has 0 aromatic heterocycles. The first-order chi connectivity index (χ1) is 9.19. The monoisotopic (exact) mass is 264 g/mol. The van der Waals surface area contributed by atoms with Crippen molar-refractivity contribution >= 4 is 17.7 Å². The Bertz CT molecular complexity index is 488. The van der Waals surface area contributed by atoms with E-state index in [0.29, 0.717) is 37.4 Å². The lowest BCUT2D eigenvalue weighted by Gasteiger charge is -2.09. The molecule has 0 unspecified atom stereocenters. The van der Waals surface area contributed by atoms with Crippen LogP contribution in [0.25, 0.3) is 0 Å². The number of rotatable bonds is 3. The summed E-state index contributed by atoms with van der Waals surface area (Å²) in [6.45, 7) is 0.863. The van der Waals surface area contributed by atoms with Gasteiger partial charge in [-0.3, -0.25) is 4.79 Å². The van der Waals surface area contributed by atoms with Gasteiger partial charge in [0, 0.05) is 6.54 Å². The van der Waals surface area contributed by atoms with Gasteiger partial charge in [0.2, 0.25) is 5.91 Å². The number of anilines is 1. The Kier molecular flexibility index (Phi) is 4.22. The van der Waals surface area contributed by atoms with Crippen LogP contribution in [0.4, 0.5) is 10.5 Å². The highest BCUT2D eigenvalue weighted by molar-refractivity contribution is 5.93. The van der Waals surface area contributed by atoms with Gasteiger partial charge in [-0.25, -0.2) is 4.79 Å². The van der Waals surface area contributed by atoms with Gasteiger partial charge in [-0.05, 0) is 24.1 Å². The maximum atomic E-state index is 11.4. The first-order valence-electron chi connectivity index (χ1n) is 6.06. The van der Waals surface area contributed by atoms with Gasteiger partial charge in [-0.15, -0.1) is 0 Å². The summed E-state index contributed by atoms with van der Waals surface area (Å²) in [6.07, 6.45) is 0.554. The molecule has 0 saturated heterocycles. The third kappa shape index (κ3) is 3.61. The SMILES string of the molecule is COC(=O)NCCc1ccc2c(c1)NC(=O)CCO2. The van der Waals surface area contributed by atoms with Crippen LogP contribution in [0.5, 0.6) is 5.75 Å². The molecule has 0 spiro atoms. The number of methoxy groups -OCH3 is 1. The van der Waals surface area contributed by atoms with Crippen LogP contribution in [0, 0.1) is 0 Å². The number of amides is 2. The first kappa shape index (κ1) is 13.2. The maximum absolute atomic E-state index is 11.4. The summed E-state index contributed by atoms with van der Waals surface area (Å²) in [5.41, 5.74) is 1.68. The zero-order valence-corrected chi connectivity index (χ0v) is 10.7. The maximum Gasteiger partial charge on any atom is 0.406 e. The highest BCUT2D eigenvalue weighted by Gasteiger charge is 2.13. The average Bonchev–Trinajstić information content (AvgIpc) is 2.58. The summed E-state index contributed by atoms with van der Waals surface area (Å²) >= 11 is 0. The number of carbonyl (C=O) groups is 2. The Morgan fingerprint density at radius 3 is 3.16 bits per heavy atom. The van der Waals surface area contributed by atoms with Crippen molar-refractivity contribution in [3.05, 3.63) is 23.8 Å². The molecule has 1 aromatic rings. The van der Waals surface area contributed by atoms with E-state index in [-0.39, 0.29) is 5.91 Å². The zero-order chi connectivity index (χ0) is 13.7. The molecule has 2 rings (SSSR count). The Hall–Kier alpha value is -2.24. The lowest BCUT2D eigenvalue weighted by Crippen LogP contribution is -2.25. The van der Waals surface area contributed by atoms with Gasteiger partial charge < -0.3 is 20.1 Å². The standard InChI is InChI=1S/C13H16N2O4/c1-18-13(17)14-6-4-9-2-3-11-10(8-9)15-12(16)5-7-19-11/h2-3,8H,4-7H2,1H3,(H,14,17)(H,15,16). The van der Waals surface area contributed by atoms with E-state index in [1.807, 2.05) is 18.2 Å². The largest absolute Gasteiger partial charge is 0.491 e. The van der Waals surface area contributed by atoms with Crippen LogP contribution in [0.3, 0.4) is 0 Å². The van der Waals surface area contributed by atoms with Gasteiger partial charge in [0.25, 0.3) is 0 Å². The van der Waals surface area contributed by atoms with Gasteiger partial charge in [-0.2, -0.15) is 0 Å². The molecule has 2 N–H and O–H groups in total. The average molecular weight is 264 g/mol. The number of hydrogen-bond donors (Lipinski definition) is 2. The molecule has 6 nitrogen and oxygen atoms in total. The highest BCUT2D eigenvalue weighted by atomic mass is 16.5. The van der Waals surface area contributed by atoms with Crippen LogP contribution in [0.15, 0.2) is 18.2 Å². The Balaban J connectivity index is 1.99. The predicted octanol–water partition coefficient (Wildman–Crippen LogP) is 1.31. The Morgan fingerprint density at radius 1 is 1.53 bits per heavy atom. The van der Waals surface area contributed by atoms with E-state index in [4.69, 9.17) is 4.74 Å². The molecule has 1 aromatic carbocycles. The summed E-state index contributed by atoms with van der Waals surface area (Å²) in [6, 6.07) is 5.60. The van der Waals surface area contributed by atoms with Gasteiger partial charge in [0.1, 0.15) is 5.75 Å². The molecule has 1 aliphatic rings. The third-order valence-corrected chi connectivity index (χ3v) is 2.77. The molecule has 0 atom stereocenters. The van der Waals surface area contributed by atoms with E-state index in [9.17, 15) is 9.59 Å². The van der Waals surface area contributed by atoms with E-state index in [0.717, 1.165) is 5.56 Å². The van der Waals surface area contributed by atoms with Crippen LogP contribution in [-0.4, -0.2) is 32.3 Å². The molecular weight excluding hydrogens is 248 g/mol. The fraction of sp³-hybridized carbons (Fsp3) is 0.385. The van der Waals surface area contributed by atoms with Crippen LogP contribution in [-0.2, 0) is 16.0 Å². The molecule has 0 saturated carbocycles. The zero-order valence-electron chi connectivity index (χ0n) is 10.7. The molecule has 1 heterocycles. The van der Waals surface area contributed by atoms with Crippen molar-refractivity contribution in [2.24, 2.45) is 0 Å². The molecule has 0 fully saturated rings. The number of ether oxygens (including phenoxy) is 2. The van der Waals surface area contributed by atoms with Crippen molar-refractivity contribution in [1.29, 1.82) is 0 Å². The molecule has 6 heteroatoms. The number of nitrogens with one attached hydrogen (secondary N) is 2. The lowest BCUT2D eigenvalue weighted by atomic mass is 10.1. The second-order valence-corrected chi connectivity index (χ2v) is 4.15. The number of alkyl carbamates (subject to hydrolysis) is 1. The second-order valence-electron chi connectivity index (χ2n) is 4.15. The van der Waals surface area contributed by atoms with Crippen molar-refractivity contribution < 1.29 is 19.1 Å². The van der Waals surface area contributed by atoms with Crippen LogP contribution < -0.4 is 15.4 Å². The van der Waals surface area contributed by atoms with Crippen LogP contribution in [0.1, 0.15) is 12.0 Å². The van der Waals surface area contributed by atoms with E-state index in [2.05, 4.69) is 15.4 Å². The topological polar surface area (TPSA) is 76.7 Å². The smallest absolute Gasteiger partial charge is 0.406 e. The van der Waals surface area contributed by atoms with Gasteiger partial charge in [-0.1, -0.05) is 6.07 Å². The lowest BCUT2D eigenvalue weighted by molar-refractivity contribution is -0.116. The summed E-state index contributed by atoms with van der Waals surface area (Å²) in [5, 5.41) is 5.40. The van der Waals surface area contributed by atoms with Gasteiger partial charge in [0.05, 0.1) is 25.8 Å². The van der Waals surface area contributed by atoms with E-state index < -0.39 is 6.09 Å². The molecule has 102 valence electrons. The number of carbonyl (C=O) groups excluding carboxylic acids is 2. The minimum absolute atomic E-state index is 0.0522. The van der Waals surface area contributed by atoms with Crippen molar-refractivity contribution in [3.63, 3.8) is 0 Å². The summed E-state index contributed by atoms with van der Waals surface area (Å²) < 4.78 is 9.94. The number of benzene rings is 1. The van der Waals surface area contributed by atoms with E-state index >= 15 is 0 Å². The van der Waals surface area contributed by atoms with Crippen LogP contribution >= 0.6 is 0 Å². The predicted molar refractivity (Wildman–Crippen MR) is 69.3 cm³/mol. The highest BCUT2D eigenvalue weighted by Crippen LogP contribution is 2.28. The molecule has 19 heavy (non-hydrogen) atoms. The first-order valence-corrected chi connectivity index (χ1v) is 6.06. The van der Waals surface area contributed by atoms with Crippen molar-refractivity contribution in [1.82, 2.24) is 5.32 Å². The summed E-state index contributed by atoms with van der Waals surface area (Å²) in [5.74, 6) is 0.624. The van der Waals surface area contributed by atoms with Crippen LogP contribution in [0.2, 0.25) is 0 Å². The van der Waals surface area contributed by atoms with Gasteiger partial charge in [0.15, 0.2) is 0 Å². The number of hydrogen-bond acceptors (Lipinski definition) is 4. The third-order valence-electron chi connectivity index (χ3n) is 2.77. The van der Waals surface area contributed by atoms with E-state index in [1.54, 1.807) is 0 Å². The molecule has 0 bridgehead atoms. The van der Waals surface area contributed by atoms with Gasteiger partial charge >= 0.3 is 6.09 Å². The Morgan fingerprint density at radius 2 is 2.37 bits per heavy atom. The van der Waals surface area contributed by atoms with Crippen molar-refractivity contribution in [3.8, 4) is 5.75 Å². The quantitative estimate of drug-likeness (QED) is 0.863. The second kappa shape index (κ2) is 6.08. The molecule has 2 amide bonds.